The zero-order valence-corrected chi connectivity index (χ0v) is 10.8. The summed E-state index contributed by atoms with van der Waals surface area (Å²) >= 11 is 0. The molecule has 0 saturated carbocycles. The van der Waals surface area contributed by atoms with Crippen LogP contribution >= 0.6 is 0 Å². The molecule has 5 nitrogen and oxygen atoms in total. The van der Waals surface area contributed by atoms with Gasteiger partial charge in [-0.15, -0.1) is 0 Å². The summed E-state index contributed by atoms with van der Waals surface area (Å²) in [6.07, 6.45) is 4.43. The molecular weight excluding hydrogens is 240 g/mol. The van der Waals surface area contributed by atoms with Crippen molar-refractivity contribution >= 4 is 0 Å². The van der Waals surface area contributed by atoms with Crippen molar-refractivity contribution < 1.29 is 4.74 Å². The topological polar surface area (TPSA) is 76.9 Å². The number of aromatic nitrogens is 2. The third-order valence-electron chi connectivity index (χ3n) is 2.91. The molecule has 0 bridgehead atoms. The van der Waals surface area contributed by atoms with Gasteiger partial charge in [-0.05, 0) is 24.2 Å². The highest BCUT2D eigenvalue weighted by Gasteiger charge is 2.06. The molecule has 2 aromatic rings. The predicted octanol–water partition coefficient (Wildman–Crippen LogP) is 1.31. The summed E-state index contributed by atoms with van der Waals surface area (Å²) in [5, 5.41) is 9.07. The molecule has 0 radical (unpaired) electrons. The Labute approximate surface area is 112 Å². The summed E-state index contributed by atoms with van der Waals surface area (Å²) in [6, 6.07) is 7.74. The maximum absolute atomic E-state index is 9.07. The van der Waals surface area contributed by atoms with Gasteiger partial charge < -0.3 is 15.0 Å². The first-order valence-corrected chi connectivity index (χ1v) is 6.05. The fraction of sp³-hybridized carbons (Fsp3) is 0.286. The molecule has 0 aliphatic carbocycles. The second-order valence-corrected chi connectivity index (χ2v) is 4.16. The quantitative estimate of drug-likeness (QED) is 0.875. The van der Waals surface area contributed by atoms with E-state index in [2.05, 4.69) is 11.1 Å². The summed E-state index contributed by atoms with van der Waals surface area (Å²) in [4.78, 5) is 4.27. The molecule has 1 aromatic carbocycles. The van der Waals surface area contributed by atoms with Crippen LogP contribution in [0.5, 0.6) is 5.75 Å². The van der Waals surface area contributed by atoms with E-state index in [-0.39, 0.29) is 0 Å². The fourth-order valence-corrected chi connectivity index (χ4v) is 1.98. The van der Waals surface area contributed by atoms with Gasteiger partial charge in [0.05, 0.1) is 12.7 Å². The minimum absolute atomic E-state index is 0.542. The van der Waals surface area contributed by atoms with Crippen molar-refractivity contribution in [2.45, 2.75) is 13.0 Å². The molecule has 1 aromatic heterocycles. The second-order valence-electron chi connectivity index (χ2n) is 4.16. The summed E-state index contributed by atoms with van der Waals surface area (Å²) in [6.45, 7) is 1.25. The van der Waals surface area contributed by atoms with Crippen LogP contribution in [0.3, 0.4) is 0 Å². The molecule has 0 saturated heterocycles. The van der Waals surface area contributed by atoms with Gasteiger partial charge >= 0.3 is 0 Å². The predicted molar refractivity (Wildman–Crippen MR) is 71.8 cm³/mol. The van der Waals surface area contributed by atoms with Crippen LogP contribution in [0.15, 0.2) is 30.6 Å². The van der Waals surface area contributed by atoms with Crippen LogP contribution < -0.4 is 10.5 Å². The number of nitrogens with two attached hydrogens (primary N) is 1. The molecule has 0 aliphatic rings. The fourth-order valence-electron chi connectivity index (χ4n) is 1.98. The summed E-state index contributed by atoms with van der Waals surface area (Å²) in [5.41, 5.74) is 7.13. The van der Waals surface area contributed by atoms with Gasteiger partial charge in [0.25, 0.3) is 0 Å². The van der Waals surface area contributed by atoms with Crippen molar-refractivity contribution in [1.29, 1.82) is 5.26 Å². The molecule has 0 atom stereocenters. The normalized spacial score (nSPS) is 10.2. The Morgan fingerprint density at radius 3 is 3.00 bits per heavy atom. The summed E-state index contributed by atoms with van der Waals surface area (Å²) in [5.74, 6) is 1.55. The number of imidazole rings is 1. The van der Waals surface area contributed by atoms with E-state index in [0.29, 0.717) is 24.4 Å². The van der Waals surface area contributed by atoms with Gasteiger partial charge in [-0.1, -0.05) is 6.07 Å². The lowest BCUT2D eigenvalue weighted by Crippen LogP contribution is -2.10. The Morgan fingerprint density at radius 2 is 2.32 bits per heavy atom. The van der Waals surface area contributed by atoms with E-state index >= 15 is 0 Å². The van der Waals surface area contributed by atoms with Crippen LogP contribution in [0.2, 0.25) is 0 Å². The maximum Gasteiger partial charge on any atom is 0.136 e. The van der Waals surface area contributed by atoms with Crippen molar-refractivity contribution in [2.24, 2.45) is 5.73 Å². The smallest absolute Gasteiger partial charge is 0.136 e. The molecule has 0 unspecified atom stereocenters. The van der Waals surface area contributed by atoms with Crippen LogP contribution in [0, 0.1) is 11.3 Å². The lowest BCUT2D eigenvalue weighted by atomic mass is 10.1. The van der Waals surface area contributed by atoms with Crippen LogP contribution in [-0.4, -0.2) is 23.2 Å². The van der Waals surface area contributed by atoms with E-state index in [0.717, 1.165) is 17.8 Å². The van der Waals surface area contributed by atoms with Crippen molar-refractivity contribution in [3.8, 4) is 11.8 Å². The first kappa shape index (κ1) is 13.1. The van der Waals surface area contributed by atoms with Crippen LogP contribution in [0.4, 0.5) is 0 Å². The van der Waals surface area contributed by atoms with Gasteiger partial charge in [-0.3, -0.25) is 0 Å². The Hall–Kier alpha value is -2.32. The number of benzene rings is 1. The molecule has 0 aliphatic heterocycles. The van der Waals surface area contributed by atoms with Crippen LogP contribution in [0.25, 0.3) is 0 Å². The van der Waals surface area contributed by atoms with Gasteiger partial charge in [0.15, 0.2) is 0 Å². The van der Waals surface area contributed by atoms with E-state index in [1.54, 1.807) is 13.3 Å². The Bertz CT molecular complexity index is 598. The van der Waals surface area contributed by atoms with Gasteiger partial charge in [-0.25, -0.2) is 4.98 Å². The van der Waals surface area contributed by atoms with E-state index in [1.807, 2.05) is 29.0 Å². The molecule has 19 heavy (non-hydrogen) atoms. The van der Waals surface area contributed by atoms with E-state index in [4.69, 9.17) is 15.7 Å². The van der Waals surface area contributed by atoms with Crippen LogP contribution in [-0.2, 0) is 13.0 Å². The van der Waals surface area contributed by atoms with Gasteiger partial charge in [0.2, 0.25) is 0 Å². The van der Waals surface area contributed by atoms with Crippen molar-refractivity contribution in [2.75, 3.05) is 13.7 Å². The molecule has 1 heterocycles. The summed E-state index contributed by atoms with van der Waals surface area (Å²) in [7, 11) is 1.56. The molecule has 0 spiro atoms. The number of nitriles is 1. The Balaban J connectivity index is 2.24. The minimum Gasteiger partial charge on any atom is -0.495 e. The molecule has 98 valence electrons. The van der Waals surface area contributed by atoms with Gasteiger partial charge in [0.1, 0.15) is 17.6 Å². The summed E-state index contributed by atoms with van der Waals surface area (Å²) < 4.78 is 7.17. The highest BCUT2D eigenvalue weighted by Crippen LogP contribution is 2.19. The van der Waals surface area contributed by atoms with Crippen molar-refractivity contribution in [3.63, 3.8) is 0 Å². The Kier molecular flexibility index (Phi) is 4.16. The molecule has 0 amide bonds. The average Bonchev–Trinajstić information content (AvgIpc) is 2.86. The molecular formula is C14H16N4O. The third kappa shape index (κ3) is 2.92. The van der Waals surface area contributed by atoms with Crippen LogP contribution in [0.1, 0.15) is 17.0 Å². The number of hydrogen-bond acceptors (Lipinski definition) is 4. The zero-order valence-electron chi connectivity index (χ0n) is 10.8. The average molecular weight is 256 g/mol. The van der Waals surface area contributed by atoms with Crippen molar-refractivity contribution in [1.82, 2.24) is 9.55 Å². The van der Waals surface area contributed by atoms with E-state index in [1.165, 1.54) is 0 Å². The van der Waals surface area contributed by atoms with Crippen molar-refractivity contribution in [3.05, 3.63) is 47.5 Å². The molecule has 5 heteroatoms. The number of hydrogen-bond donors (Lipinski definition) is 1. The zero-order chi connectivity index (χ0) is 13.7. The lowest BCUT2D eigenvalue weighted by molar-refractivity contribution is 0.413. The Morgan fingerprint density at radius 1 is 1.47 bits per heavy atom. The standard InChI is InChI=1S/C14H16N4O/c1-19-13-3-2-11(8-12(13)9-16)10-18-7-6-17-14(18)4-5-15/h2-3,6-8H,4-5,10,15H2,1H3. The number of nitrogens with zero attached hydrogens (tertiary/aromatic N) is 3. The van der Waals surface area contributed by atoms with E-state index < -0.39 is 0 Å². The number of ether oxygens (including phenoxy) is 1. The minimum atomic E-state index is 0.542. The SMILES string of the molecule is COc1ccc(Cn2ccnc2CCN)cc1C#N. The number of rotatable bonds is 5. The first-order chi connectivity index (χ1) is 9.28. The maximum atomic E-state index is 9.07. The highest BCUT2D eigenvalue weighted by molar-refractivity contribution is 5.45. The highest BCUT2D eigenvalue weighted by atomic mass is 16.5. The largest absolute Gasteiger partial charge is 0.495 e. The monoisotopic (exact) mass is 256 g/mol. The third-order valence-corrected chi connectivity index (χ3v) is 2.91. The molecule has 2 rings (SSSR count). The molecule has 0 fully saturated rings. The molecule has 2 N–H and O–H groups in total. The van der Waals surface area contributed by atoms with Gasteiger partial charge in [0, 0.05) is 25.4 Å². The second kappa shape index (κ2) is 6.03. The van der Waals surface area contributed by atoms with Gasteiger partial charge in [-0.2, -0.15) is 5.26 Å². The van der Waals surface area contributed by atoms with E-state index in [9.17, 15) is 0 Å². The lowest BCUT2D eigenvalue weighted by Gasteiger charge is -2.09. The number of methoxy groups -OCH3 is 1. The first-order valence-electron chi connectivity index (χ1n) is 6.05.